The van der Waals surface area contributed by atoms with Crippen molar-refractivity contribution in [3.05, 3.63) is 65.5 Å². The highest BCUT2D eigenvalue weighted by Crippen LogP contribution is 2.21. The van der Waals surface area contributed by atoms with Crippen molar-refractivity contribution in [3.8, 4) is 0 Å². The second-order valence-corrected chi connectivity index (χ2v) is 5.06. The van der Waals surface area contributed by atoms with Gasteiger partial charge in [0.1, 0.15) is 12.1 Å². The summed E-state index contributed by atoms with van der Waals surface area (Å²) in [6.07, 6.45) is 1.47. The van der Waals surface area contributed by atoms with Crippen LogP contribution in [0, 0.1) is 5.82 Å². The molecule has 0 spiro atoms. The van der Waals surface area contributed by atoms with Gasteiger partial charge < -0.3 is 9.69 Å². The molecule has 0 bridgehead atoms. The first-order chi connectivity index (χ1) is 9.60. The van der Waals surface area contributed by atoms with Crippen LogP contribution >= 0.6 is 0 Å². The van der Waals surface area contributed by atoms with E-state index < -0.39 is 0 Å². The van der Waals surface area contributed by atoms with Crippen molar-refractivity contribution in [3.63, 3.8) is 0 Å². The van der Waals surface area contributed by atoms with Crippen LogP contribution < -0.4 is 4.90 Å². The summed E-state index contributed by atoms with van der Waals surface area (Å²) < 4.78 is 13.2. The molecule has 0 aliphatic heterocycles. The Morgan fingerprint density at radius 3 is 2.40 bits per heavy atom. The molecule has 0 fully saturated rings. The van der Waals surface area contributed by atoms with Crippen LogP contribution in [-0.4, -0.2) is 20.4 Å². The molecule has 0 aliphatic carbocycles. The molecular formula is C17H18FNO. The lowest BCUT2D eigenvalue weighted by Gasteiger charge is -2.14. The largest absolute Gasteiger partial charge is 0.378 e. The van der Waals surface area contributed by atoms with Crippen LogP contribution in [0.5, 0.6) is 0 Å². The first kappa shape index (κ1) is 14.3. The normalized spacial score (nSPS) is 11.9. The number of rotatable bonds is 5. The summed E-state index contributed by atoms with van der Waals surface area (Å²) in [7, 11) is 3.96. The molecule has 0 radical (unpaired) electrons. The number of hydrogen-bond acceptors (Lipinski definition) is 2. The lowest BCUT2D eigenvalue weighted by Crippen LogP contribution is -2.09. The highest BCUT2D eigenvalue weighted by Gasteiger charge is 2.12. The summed E-state index contributed by atoms with van der Waals surface area (Å²) in [5.41, 5.74) is 2.90. The third-order valence-electron chi connectivity index (χ3n) is 3.35. The van der Waals surface area contributed by atoms with Gasteiger partial charge in [0, 0.05) is 25.7 Å². The Kier molecular flexibility index (Phi) is 4.51. The molecule has 104 valence electrons. The molecule has 2 nitrogen and oxygen atoms in total. The molecule has 0 amide bonds. The lowest BCUT2D eigenvalue weighted by molar-refractivity contribution is -0.109. The monoisotopic (exact) mass is 271 g/mol. The van der Waals surface area contributed by atoms with E-state index in [2.05, 4.69) is 0 Å². The van der Waals surface area contributed by atoms with Gasteiger partial charge in [-0.25, -0.2) is 4.39 Å². The second-order valence-electron chi connectivity index (χ2n) is 5.06. The first-order valence-electron chi connectivity index (χ1n) is 6.57. The van der Waals surface area contributed by atoms with Crippen molar-refractivity contribution in [2.75, 3.05) is 19.0 Å². The zero-order valence-corrected chi connectivity index (χ0v) is 11.7. The minimum atomic E-state index is -0.309. The van der Waals surface area contributed by atoms with E-state index in [9.17, 15) is 9.18 Å². The molecule has 2 aromatic carbocycles. The molecule has 1 unspecified atom stereocenters. The van der Waals surface area contributed by atoms with Gasteiger partial charge in [0.15, 0.2) is 0 Å². The van der Waals surface area contributed by atoms with Gasteiger partial charge in [-0.05, 0) is 41.8 Å². The van der Waals surface area contributed by atoms with Crippen LogP contribution in [0.25, 0.3) is 0 Å². The Bertz CT molecular complexity index is 578. The van der Waals surface area contributed by atoms with E-state index >= 15 is 0 Å². The zero-order valence-electron chi connectivity index (χ0n) is 11.7. The molecule has 2 aromatic rings. The summed E-state index contributed by atoms with van der Waals surface area (Å²) in [4.78, 5) is 13.3. The Balaban J connectivity index is 2.16. The molecule has 0 aliphatic rings. The SMILES string of the molecule is CN(C)c1ccc(CC(C=O)c2cccc(F)c2)cc1. The Morgan fingerprint density at radius 2 is 1.85 bits per heavy atom. The minimum absolute atomic E-state index is 0.308. The zero-order chi connectivity index (χ0) is 14.5. The van der Waals surface area contributed by atoms with Crippen molar-refractivity contribution in [1.29, 1.82) is 0 Å². The Hall–Kier alpha value is -2.16. The smallest absolute Gasteiger partial charge is 0.127 e. The number of nitrogens with zero attached hydrogens (tertiary/aromatic N) is 1. The average molecular weight is 271 g/mol. The van der Waals surface area contributed by atoms with Gasteiger partial charge >= 0.3 is 0 Å². The second kappa shape index (κ2) is 6.33. The maximum atomic E-state index is 13.2. The predicted octanol–water partition coefficient (Wildman–Crippen LogP) is 3.42. The standard InChI is InChI=1S/C17H18FNO/c1-19(2)17-8-6-13(7-9-17)10-15(12-20)14-4-3-5-16(18)11-14/h3-9,11-12,15H,10H2,1-2H3. The van der Waals surface area contributed by atoms with E-state index in [0.29, 0.717) is 6.42 Å². The van der Waals surface area contributed by atoms with Crippen molar-refractivity contribution >= 4 is 12.0 Å². The van der Waals surface area contributed by atoms with Gasteiger partial charge in [-0.1, -0.05) is 24.3 Å². The van der Waals surface area contributed by atoms with Gasteiger partial charge in [-0.3, -0.25) is 0 Å². The quantitative estimate of drug-likeness (QED) is 0.777. The fourth-order valence-electron chi connectivity index (χ4n) is 2.17. The number of carbonyl (C=O) groups is 1. The van der Waals surface area contributed by atoms with E-state index in [1.807, 2.05) is 43.3 Å². The summed E-state index contributed by atoms with van der Waals surface area (Å²) >= 11 is 0. The fraction of sp³-hybridized carbons (Fsp3) is 0.235. The number of halogens is 1. The maximum absolute atomic E-state index is 13.2. The Labute approximate surface area is 118 Å². The van der Waals surface area contributed by atoms with Gasteiger partial charge in [0.05, 0.1) is 0 Å². The Morgan fingerprint density at radius 1 is 1.15 bits per heavy atom. The third-order valence-corrected chi connectivity index (χ3v) is 3.35. The van der Waals surface area contributed by atoms with E-state index in [-0.39, 0.29) is 11.7 Å². The molecule has 20 heavy (non-hydrogen) atoms. The van der Waals surface area contributed by atoms with E-state index in [1.54, 1.807) is 12.1 Å². The molecule has 0 N–H and O–H groups in total. The van der Waals surface area contributed by atoms with E-state index in [0.717, 1.165) is 23.1 Å². The number of anilines is 1. The van der Waals surface area contributed by atoms with Crippen LogP contribution in [0.15, 0.2) is 48.5 Å². The average Bonchev–Trinajstić information content (AvgIpc) is 2.45. The van der Waals surface area contributed by atoms with Crippen LogP contribution in [-0.2, 0) is 11.2 Å². The highest BCUT2D eigenvalue weighted by atomic mass is 19.1. The van der Waals surface area contributed by atoms with Crippen molar-refractivity contribution in [1.82, 2.24) is 0 Å². The van der Waals surface area contributed by atoms with Crippen LogP contribution in [0.3, 0.4) is 0 Å². The number of aldehydes is 1. The van der Waals surface area contributed by atoms with Crippen LogP contribution in [0.2, 0.25) is 0 Å². The lowest BCUT2D eigenvalue weighted by atomic mass is 9.93. The summed E-state index contributed by atoms with van der Waals surface area (Å²) in [6.45, 7) is 0. The predicted molar refractivity (Wildman–Crippen MR) is 79.7 cm³/mol. The fourth-order valence-corrected chi connectivity index (χ4v) is 2.17. The molecule has 0 saturated carbocycles. The molecule has 0 saturated heterocycles. The highest BCUT2D eigenvalue weighted by molar-refractivity contribution is 5.63. The van der Waals surface area contributed by atoms with E-state index in [4.69, 9.17) is 0 Å². The van der Waals surface area contributed by atoms with Gasteiger partial charge in [-0.15, -0.1) is 0 Å². The third kappa shape index (κ3) is 3.44. The topological polar surface area (TPSA) is 20.3 Å². The first-order valence-corrected chi connectivity index (χ1v) is 6.57. The van der Waals surface area contributed by atoms with Gasteiger partial charge in [-0.2, -0.15) is 0 Å². The molecule has 0 aromatic heterocycles. The molecule has 1 atom stereocenters. The molecular weight excluding hydrogens is 253 g/mol. The van der Waals surface area contributed by atoms with Crippen LogP contribution in [0.4, 0.5) is 10.1 Å². The number of carbonyl (C=O) groups excluding carboxylic acids is 1. The summed E-state index contributed by atoms with van der Waals surface area (Å²) in [6, 6.07) is 14.3. The molecule has 0 heterocycles. The number of benzene rings is 2. The molecule has 2 rings (SSSR count). The van der Waals surface area contributed by atoms with Crippen molar-refractivity contribution < 1.29 is 9.18 Å². The maximum Gasteiger partial charge on any atom is 0.127 e. The van der Waals surface area contributed by atoms with Crippen molar-refractivity contribution in [2.24, 2.45) is 0 Å². The van der Waals surface area contributed by atoms with Gasteiger partial charge in [0.2, 0.25) is 0 Å². The van der Waals surface area contributed by atoms with Crippen molar-refractivity contribution in [2.45, 2.75) is 12.3 Å². The van der Waals surface area contributed by atoms with Crippen LogP contribution in [0.1, 0.15) is 17.0 Å². The number of hydrogen-bond donors (Lipinski definition) is 0. The summed E-state index contributed by atoms with van der Waals surface area (Å²) in [5, 5.41) is 0. The summed E-state index contributed by atoms with van der Waals surface area (Å²) in [5.74, 6) is -0.617. The van der Waals surface area contributed by atoms with Gasteiger partial charge in [0.25, 0.3) is 0 Å². The molecule has 3 heteroatoms. The minimum Gasteiger partial charge on any atom is -0.378 e. The van der Waals surface area contributed by atoms with E-state index in [1.165, 1.54) is 12.1 Å².